The van der Waals surface area contributed by atoms with Crippen molar-refractivity contribution in [2.24, 2.45) is 0 Å². The number of pyridine rings is 6. The van der Waals surface area contributed by atoms with Gasteiger partial charge in [-0.2, -0.15) is 20.6 Å². The van der Waals surface area contributed by atoms with Crippen LogP contribution in [0, 0.1) is 0 Å². The van der Waals surface area contributed by atoms with Gasteiger partial charge in [0.2, 0.25) is 0 Å². The van der Waals surface area contributed by atoms with Crippen LogP contribution in [0.25, 0.3) is 21.6 Å². The van der Waals surface area contributed by atoms with Crippen LogP contribution in [-0.4, -0.2) is 72.6 Å². The Morgan fingerprint density at radius 3 is 0.600 bits per heavy atom. The molecule has 0 aromatic carbocycles. The molecule has 0 unspecified atom stereocenters. The third kappa shape index (κ3) is 31.9. The maximum Gasteiger partial charge on any atom is 3.00 e. The van der Waals surface area contributed by atoms with Crippen LogP contribution in [0.3, 0.4) is 0 Å². The summed E-state index contributed by atoms with van der Waals surface area (Å²) in [5.74, 6) is 0. The Morgan fingerprint density at radius 2 is 0.500 bits per heavy atom. The number of hydrogen-bond donors (Lipinski definition) is 1. The molecular formula is C41H40N12Ni2OS4+2. The first-order valence-electron chi connectivity index (χ1n) is 16.8. The fourth-order valence-electron chi connectivity index (χ4n) is 4.66. The molecule has 0 saturated heterocycles. The number of thiocarbonyl (C=S) groups is 4. The first kappa shape index (κ1) is 59.3. The van der Waals surface area contributed by atoms with Gasteiger partial charge in [0.1, 0.15) is 0 Å². The average Bonchev–Trinajstić information content (AvgIpc) is 3.25. The quantitative estimate of drug-likeness (QED) is 0.0699. The predicted molar refractivity (Wildman–Crippen MR) is 243 cm³/mol. The summed E-state index contributed by atoms with van der Waals surface area (Å²) < 4.78 is 0. The standard InChI is InChI=1S/2C18H18N4.4CNS.CH4O.2Ni/c2*1-4-10-19-16(7-1)13-22(14-17-8-2-5-11-20-17)15-18-9-3-6-12-21-18;4*2-1-3;1-2;;/h2*1-12H,13-15H2;;;;;2H,1H3;;/q;;4*-1;;2*+3. The SMILES string of the molecule is CO.[N-]=C=S.[N-]=C=S.[N-]=C=S.[N-]=C=S.[Ni+3].[Ni+3].c1ccc(CN(Cc2ccccn2)Cc2ccccn2)nc1.c1ccc(CN(Cc2ccccn2)Cc2ccccn2)nc1. The van der Waals surface area contributed by atoms with E-state index in [0.29, 0.717) is 0 Å². The molecule has 0 spiro atoms. The van der Waals surface area contributed by atoms with Gasteiger partial charge in [-0.25, -0.2) is 0 Å². The Bertz CT molecular complexity index is 1640. The summed E-state index contributed by atoms with van der Waals surface area (Å²) in [7, 11) is 1.00. The number of aliphatic hydroxyl groups is 1. The second kappa shape index (κ2) is 43.5. The topological polar surface area (TPSA) is 193 Å². The predicted octanol–water partition coefficient (Wildman–Crippen LogP) is 8.39. The third-order valence-corrected chi connectivity index (χ3v) is 6.67. The molecule has 19 heteroatoms. The van der Waals surface area contributed by atoms with E-state index in [9.17, 15) is 0 Å². The Hall–Kier alpha value is -5.03. The van der Waals surface area contributed by atoms with E-state index in [2.05, 4.69) is 88.6 Å². The number of aromatic nitrogens is 6. The zero-order valence-corrected chi connectivity index (χ0v) is 37.4. The van der Waals surface area contributed by atoms with Crippen LogP contribution in [0.4, 0.5) is 0 Å². The molecule has 6 rings (SSSR count). The summed E-state index contributed by atoms with van der Waals surface area (Å²) in [5.41, 5.74) is 6.30. The van der Waals surface area contributed by atoms with Crippen molar-refractivity contribution in [3.8, 4) is 0 Å². The minimum Gasteiger partial charge on any atom is -0.753 e. The van der Waals surface area contributed by atoms with Gasteiger partial charge in [-0.3, -0.25) is 39.7 Å². The van der Waals surface area contributed by atoms with Crippen molar-refractivity contribution in [2.45, 2.75) is 39.3 Å². The zero-order valence-electron chi connectivity index (χ0n) is 32.2. The molecule has 0 fully saturated rings. The van der Waals surface area contributed by atoms with E-state index >= 15 is 0 Å². The molecule has 0 saturated carbocycles. The summed E-state index contributed by atoms with van der Waals surface area (Å²) in [6.07, 6.45) is 11.0. The second-order valence-electron chi connectivity index (χ2n) is 10.6. The van der Waals surface area contributed by atoms with Gasteiger partial charge in [-0.1, -0.05) is 85.3 Å². The second-order valence-corrected chi connectivity index (χ2v) is 11.3. The number of rotatable bonds is 12. The molecule has 2 radical (unpaired) electrons. The van der Waals surface area contributed by atoms with E-state index in [4.69, 9.17) is 26.7 Å². The fourth-order valence-corrected chi connectivity index (χ4v) is 4.66. The molecule has 0 aliphatic rings. The Morgan fingerprint density at radius 1 is 0.367 bits per heavy atom. The van der Waals surface area contributed by atoms with Crippen molar-refractivity contribution < 1.29 is 38.1 Å². The average molecular weight is 963 g/mol. The molecule has 6 aromatic rings. The van der Waals surface area contributed by atoms with Crippen LogP contribution in [0.2, 0.25) is 0 Å². The molecule has 0 amide bonds. The van der Waals surface area contributed by atoms with Crippen molar-refractivity contribution in [3.63, 3.8) is 0 Å². The maximum absolute atomic E-state index is 7.13. The number of nitrogens with zero attached hydrogens (tertiary/aromatic N) is 12. The van der Waals surface area contributed by atoms with Crippen LogP contribution in [0.5, 0.6) is 0 Å². The minimum atomic E-state index is 0. The monoisotopic (exact) mass is 960 g/mol. The van der Waals surface area contributed by atoms with E-state index in [1.165, 1.54) is 20.6 Å². The molecule has 1 N–H and O–H groups in total. The molecule has 6 aromatic heterocycles. The molecule has 0 bridgehead atoms. The molecule has 13 nitrogen and oxygen atoms in total. The first-order valence-corrected chi connectivity index (χ1v) is 18.4. The summed E-state index contributed by atoms with van der Waals surface area (Å²) in [6, 6.07) is 36.0. The zero-order chi connectivity index (χ0) is 42.9. The van der Waals surface area contributed by atoms with E-state index in [-0.39, 0.29) is 33.0 Å². The normalized spacial score (nSPS) is 8.53. The third-order valence-electron chi connectivity index (χ3n) is 6.67. The van der Waals surface area contributed by atoms with Crippen LogP contribution < -0.4 is 0 Å². The van der Waals surface area contributed by atoms with E-state index in [0.717, 1.165) is 80.5 Å². The molecule has 0 aliphatic carbocycles. The summed E-state index contributed by atoms with van der Waals surface area (Å²) >= 11 is 14.8. The number of isothiocyanates is 4. The molecule has 0 atom stereocenters. The fraction of sp³-hybridized carbons (Fsp3) is 0.171. The van der Waals surface area contributed by atoms with Gasteiger partial charge < -0.3 is 26.7 Å². The van der Waals surface area contributed by atoms with Gasteiger partial charge in [-0.05, 0) is 72.8 Å². The van der Waals surface area contributed by atoms with Crippen molar-refractivity contribution in [1.29, 1.82) is 0 Å². The molecule has 0 aliphatic heterocycles. The maximum atomic E-state index is 7.13. The van der Waals surface area contributed by atoms with Crippen molar-refractivity contribution in [2.75, 3.05) is 7.11 Å². The van der Waals surface area contributed by atoms with Gasteiger partial charge in [-0.15, -0.1) is 0 Å². The molecular weight excluding hydrogens is 922 g/mol. The summed E-state index contributed by atoms with van der Waals surface area (Å²) in [6.45, 7) is 4.63. The number of aliphatic hydroxyl groups excluding tert-OH is 1. The van der Waals surface area contributed by atoms with Gasteiger partial charge >= 0.3 is 33.0 Å². The largest absolute Gasteiger partial charge is 3.00 e. The van der Waals surface area contributed by atoms with Crippen molar-refractivity contribution in [3.05, 3.63) is 202 Å². The van der Waals surface area contributed by atoms with Crippen LogP contribution in [0.1, 0.15) is 34.2 Å². The minimum absolute atomic E-state index is 0. The van der Waals surface area contributed by atoms with Crippen LogP contribution in [0.15, 0.2) is 146 Å². The van der Waals surface area contributed by atoms with Gasteiger partial charge in [0.05, 0.1) is 34.2 Å². The van der Waals surface area contributed by atoms with E-state index in [1.54, 1.807) is 0 Å². The summed E-state index contributed by atoms with van der Waals surface area (Å²) in [5, 5.41) is 40.9. The Kier molecular flexibility index (Phi) is 43.0. The van der Waals surface area contributed by atoms with Crippen LogP contribution in [-0.2, 0) is 72.3 Å². The van der Waals surface area contributed by atoms with Crippen LogP contribution >= 0.6 is 48.9 Å². The van der Waals surface area contributed by atoms with Gasteiger partial charge in [0.25, 0.3) is 0 Å². The molecule has 60 heavy (non-hydrogen) atoms. The molecule has 312 valence electrons. The van der Waals surface area contributed by atoms with E-state index in [1.807, 2.05) is 146 Å². The van der Waals surface area contributed by atoms with Gasteiger partial charge in [0.15, 0.2) is 0 Å². The Balaban J connectivity index is -0.000000810. The van der Waals surface area contributed by atoms with Crippen molar-refractivity contribution >= 4 is 69.5 Å². The van der Waals surface area contributed by atoms with Crippen molar-refractivity contribution in [1.82, 2.24) is 39.7 Å². The smallest absolute Gasteiger partial charge is 0.753 e. The summed E-state index contributed by atoms with van der Waals surface area (Å²) in [4.78, 5) is 31.1. The molecule has 6 heterocycles. The Labute approximate surface area is 393 Å². The van der Waals surface area contributed by atoms with Gasteiger partial charge in [0, 0.05) is 83.6 Å². The first-order chi connectivity index (χ1) is 28.5. The van der Waals surface area contributed by atoms with E-state index < -0.39 is 0 Å². The number of hydrogen-bond acceptors (Lipinski definition) is 13.